The van der Waals surface area contributed by atoms with Crippen LogP contribution in [0.15, 0.2) is 121 Å². The van der Waals surface area contributed by atoms with Gasteiger partial charge in [-0.25, -0.2) is 4.39 Å². The topological polar surface area (TPSA) is 40.8 Å². The van der Waals surface area contributed by atoms with E-state index in [2.05, 4.69) is 64.6 Å². The number of para-hydroxylation sites is 2. The van der Waals surface area contributed by atoms with Gasteiger partial charge < -0.3 is 14.7 Å². The third-order valence-corrected chi connectivity index (χ3v) is 6.93. The Morgan fingerprint density at radius 1 is 0.722 bits per heavy atom. The number of fused-ring (bicyclic) bond motifs is 1. The van der Waals surface area contributed by atoms with Crippen LogP contribution in [0.5, 0.6) is 5.75 Å². The summed E-state index contributed by atoms with van der Waals surface area (Å²) in [6, 6.07) is 37.6. The van der Waals surface area contributed by atoms with Crippen molar-refractivity contribution < 1.29 is 9.13 Å². The van der Waals surface area contributed by atoms with Crippen LogP contribution in [0.3, 0.4) is 0 Å². The first-order valence-electron chi connectivity index (χ1n) is 11.9. The molecular formula is C32H25FN2O. The van der Waals surface area contributed by atoms with Crippen LogP contribution in [-0.4, -0.2) is 17.1 Å². The second-order valence-corrected chi connectivity index (χ2v) is 8.83. The van der Waals surface area contributed by atoms with Gasteiger partial charge in [-0.15, -0.1) is 0 Å². The Morgan fingerprint density at radius 3 is 2.19 bits per heavy atom. The van der Waals surface area contributed by atoms with Crippen molar-refractivity contribution in [3.8, 4) is 16.9 Å². The maximum absolute atomic E-state index is 14.2. The van der Waals surface area contributed by atoms with Gasteiger partial charge >= 0.3 is 0 Å². The fraction of sp³-hybridized carbons (Fsp3) is 0.0625. The van der Waals surface area contributed by atoms with Crippen molar-refractivity contribution in [2.75, 3.05) is 7.11 Å². The van der Waals surface area contributed by atoms with Crippen molar-refractivity contribution in [1.29, 1.82) is 0 Å². The Balaban J connectivity index is 1.84. The van der Waals surface area contributed by atoms with Gasteiger partial charge in [-0.1, -0.05) is 78.9 Å². The molecule has 1 atom stereocenters. The van der Waals surface area contributed by atoms with Gasteiger partial charge in [0.2, 0.25) is 0 Å². The molecule has 2 aromatic heterocycles. The van der Waals surface area contributed by atoms with Crippen molar-refractivity contribution in [3.05, 3.63) is 150 Å². The number of hydrogen-bond acceptors (Lipinski definition) is 1. The number of methoxy groups -OCH3 is 1. The van der Waals surface area contributed by atoms with E-state index in [0.717, 1.165) is 50.3 Å². The number of ether oxygens (including phenoxy) is 1. The molecule has 36 heavy (non-hydrogen) atoms. The van der Waals surface area contributed by atoms with Crippen molar-refractivity contribution in [2.45, 2.75) is 5.41 Å². The number of H-pyrrole nitrogens is 2. The van der Waals surface area contributed by atoms with E-state index < -0.39 is 5.41 Å². The van der Waals surface area contributed by atoms with E-state index in [1.165, 1.54) is 12.1 Å². The molecule has 4 heteroatoms. The van der Waals surface area contributed by atoms with E-state index in [1.54, 1.807) is 7.11 Å². The molecule has 3 nitrogen and oxygen atoms in total. The van der Waals surface area contributed by atoms with Gasteiger partial charge in [0.25, 0.3) is 0 Å². The molecule has 0 fully saturated rings. The summed E-state index contributed by atoms with van der Waals surface area (Å²) >= 11 is 0. The van der Waals surface area contributed by atoms with Crippen LogP contribution in [0.4, 0.5) is 4.39 Å². The minimum atomic E-state index is -0.853. The number of halogens is 1. The van der Waals surface area contributed by atoms with Gasteiger partial charge in [0, 0.05) is 39.6 Å². The number of nitrogens with one attached hydrogen (secondary N) is 2. The van der Waals surface area contributed by atoms with E-state index >= 15 is 0 Å². The minimum absolute atomic E-state index is 0.279. The lowest BCUT2D eigenvalue weighted by molar-refractivity contribution is 0.404. The maximum atomic E-state index is 14.2. The van der Waals surface area contributed by atoms with Gasteiger partial charge in [0.1, 0.15) is 17.0 Å². The summed E-state index contributed by atoms with van der Waals surface area (Å²) < 4.78 is 20.2. The average molecular weight is 473 g/mol. The molecule has 6 aromatic rings. The summed E-state index contributed by atoms with van der Waals surface area (Å²) in [5, 5.41) is 1.12. The molecule has 0 spiro atoms. The molecule has 6 rings (SSSR count). The molecular weight excluding hydrogens is 447 g/mol. The normalized spacial score (nSPS) is 12.9. The van der Waals surface area contributed by atoms with Crippen molar-refractivity contribution in [3.63, 3.8) is 0 Å². The van der Waals surface area contributed by atoms with Gasteiger partial charge in [-0.2, -0.15) is 0 Å². The van der Waals surface area contributed by atoms with Crippen LogP contribution in [0.2, 0.25) is 0 Å². The average Bonchev–Trinajstić information content (AvgIpc) is 3.60. The lowest BCUT2D eigenvalue weighted by Gasteiger charge is -2.36. The molecule has 0 aliphatic rings. The van der Waals surface area contributed by atoms with Crippen LogP contribution >= 0.6 is 0 Å². The fourth-order valence-electron chi connectivity index (χ4n) is 5.42. The molecule has 2 heterocycles. The Kier molecular flexibility index (Phi) is 5.42. The lowest BCUT2D eigenvalue weighted by Crippen LogP contribution is -2.33. The summed E-state index contributed by atoms with van der Waals surface area (Å²) in [7, 11) is 1.69. The molecule has 4 aromatic carbocycles. The van der Waals surface area contributed by atoms with E-state index in [4.69, 9.17) is 4.74 Å². The van der Waals surface area contributed by atoms with Gasteiger partial charge in [-0.3, -0.25) is 0 Å². The third-order valence-electron chi connectivity index (χ3n) is 6.93. The first-order valence-corrected chi connectivity index (χ1v) is 11.9. The molecule has 0 saturated carbocycles. The Hall–Kier alpha value is -4.57. The van der Waals surface area contributed by atoms with E-state index in [-0.39, 0.29) is 5.82 Å². The van der Waals surface area contributed by atoms with Crippen LogP contribution in [0.25, 0.3) is 22.0 Å². The van der Waals surface area contributed by atoms with Crippen molar-refractivity contribution in [2.24, 2.45) is 0 Å². The zero-order valence-electron chi connectivity index (χ0n) is 19.8. The van der Waals surface area contributed by atoms with Gasteiger partial charge in [-0.05, 0) is 47.5 Å². The molecule has 176 valence electrons. The summed E-state index contributed by atoms with van der Waals surface area (Å²) in [5.41, 5.74) is 6.16. The monoisotopic (exact) mass is 472 g/mol. The second-order valence-electron chi connectivity index (χ2n) is 8.83. The Labute approximate surface area is 209 Å². The molecule has 0 amide bonds. The molecule has 0 bridgehead atoms. The fourth-order valence-corrected chi connectivity index (χ4v) is 5.42. The highest BCUT2D eigenvalue weighted by Crippen LogP contribution is 2.51. The Morgan fingerprint density at radius 2 is 1.44 bits per heavy atom. The highest BCUT2D eigenvalue weighted by Gasteiger charge is 2.44. The minimum Gasteiger partial charge on any atom is -0.496 e. The number of aromatic amines is 2. The van der Waals surface area contributed by atoms with E-state index in [1.807, 2.05) is 54.7 Å². The zero-order chi connectivity index (χ0) is 24.5. The highest BCUT2D eigenvalue weighted by molar-refractivity contribution is 5.99. The quantitative estimate of drug-likeness (QED) is 0.256. The van der Waals surface area contributed by atoms with Crippen molar-refractivity contribution in [1.82, 2.24) is 9.97 Å². The Bertz CT molecular complexity index is 1620. The van der Waals surface area contributed by atoms with E-state index in [0.29, 0.717) is 0 Å². The molecule has 0 aliphatic carbocycles. The molecule has 0 saturated heterocycles. The summed E-state index contributed by atoms with van der Waals surface area (Å²) in [5.74, 6) is 0.466. The smallest absolute Gasteiger partial charge is 0.123 e. The highest BCUT2D eigenvalue weighted by atomic mass is 19.1. The molecule has 0 radical (unpaired) electrons. The zero-order valence-corrected chi connectivity index (χ0v) is 19.8. The predicted molar refractivity (Wildman–Crippen MR) is 143 cm³/mol. The summed E-state index contributed by atoms with van der Waals surface area (Å²) in [6.07, 6.45) is 1.92. The lowest BCUT2D eigenvalue weighted by atomic mass is 9.67. The second kappa shape index (κ2) is 8.90. The third kappa shape index (κ3) is 3.34. The van der Waals surface area contributed by atoms with Crippen LogP contribution in [0.1, 0.15) is 22.5 Å². The van der Waals surface area contributed by atoms with Gasteiger partial charge in [0.05, 0.1) is 7.11 Å². The summed E-state index contributed by atoms with van der Waals surface area (Å²) in [4.78, 5) is 7.28. The largest absolute Gasteiger partial charge is 0.496 e. The van der Waals surface area contributed by atoms with Crippen molar-refractivity contribution >= 4 is 10.9 Å². The SMILES string of the molecule is COc1ccccc1[C@@](c1ccc(F)cc1)(c1ccc[nH]1)c1[nH]c2ccccc2c1-c1ccccc1. The van der Waals surface area contributed by atoms with Crippen LogP contribution in [0, 0.1) is 5.82 Å². The first-order chi connectivity index (χ1) is 17.7. The van der Waals surface area contributed by atoms with Crippen LogP contribution in [-0.2, 0) is 5.41 Å². The number of benzene rings is 4. The van der Waals surface area contributed by atoms with E-state index in [9.17, 15) is 4.39 Å². The standard InChI is InChI=1S/C32H25FN2O/c1-36-28-15-8-6-13-26(28)32(29-16-9-21-34-29,23-17-19-24(33)20-18-23)31-30(22-10-3-2-4-11-22)25-12-5-7-14-27(25)35-31/h2-21,34-35H,1H3/t32-/m0/s1. The molecule has 2 N–H and O–H groups in total. The maximum Gasteiger partial charge on any atom is 0.123 e. The summed E-state index contributed by atoms with van der Waals surface area (Å²) in [6.45, 7) is 0. The number of rotatable bonds is 6. The first kappa shape index (κ1) is 21.9. The number of hydrogen-bond donors (Lipinski definition) is 2. The van der Waals surface area contributed by atoms with Crippen LogP contribution < -0.4 is 4.74 Å². The number of aromatic nitrogens is 2. The van der Waals surface area contributed by atoms with Gasteiger partial charge in [0.15, 0.2) is 0 Å². The molecule has 0 unspecified atom stereocenters. The molecule has 0 aliphatic heterocycles. The predicted octanol–water partition coefficient (Wildman–Crippen LogP) is 7.69.